The highest BCUT2D eigenvalue weighted by atomic mass is 33.1. The summed E-state index contributed by atoms with van der Waals surface area (Å²) in [6.07, 6.45) is -0.885. The minimum atomic E-state index is -4.10. The maximum Gasteiger partial charge on any atom is 0.408 e. The summed E-state index contributed by atoms with van der Waals surface area (Å²) in [6.45, 7) is 11.8. The van der Waals surface area contributed by atoms with E-state index >= 15 is 0 Å². The molecule has 3 N–H and O–H groups in total. The number of benzene rings is 2. The minimum absolute atomic E-state index is 0.0478. The molecule has 0 spiro atoms. The Bertz CT molecular complexity index is 1420. The number of carboxylic acid groups (broad SMARTS) is 1. The van der Waals surface area contributed by atoms with Crippen LogP contribution in [-0.4, -0.2) is 65.4 Å². The van der Waals surface area contributed by atoms with Crippen molar-refractivity contribution in [3.8, 4) is 0 Å². The number of nitrogens with zero attached hydrogens (tertiary/aromatic N) is 1. The number of likely N-dealkylation sites (tertiary alicyclic amines) is 1. The summed E-state index contributed by atoms with van der Waals surface area (Å²) in [6, 6.07) is 9.98. The van der Waals surface area contributed by atoms with Gasteiger partial charge in [-0.2, -0.15) is 0 Å². The Morgan fingerprint density at radius 3 is 2.17 bits per heavy atom. The predicted octanol–water partition coefficient (Wildman–Crippen LogP) is 3.37. The Morgan fingerprint density at radius 1 is 1.07 bits per heavy atom. The lowest BCUT2D eigenvalue weighted by molar-refractivity contribution is -0.160. The molecule has 0 radical (unpaired) electrons. The molecule has 4 atom stereocenters. The van der Waals surface area contributed by atoms with E-state index in [-0.39, 0.29) is 10.5 Å². The molecule has 0 aromatic heterocycles. The molecule has 4 unspecified atom stereocenters. The number of ether oxygens (including phenoxy) is 1. The highest BCUT2D eigenvalue weighted by Gasteiger charge is 2.56. The van der Waals surface area contributed by atoms with Crippen molar-refractivity contribution in [1.29, 1.82) is 0 Å². The molecular formula is C28H33N3O8S2. The summed E-state index contributed by atoms with van der Waals surface area (Å²) in [5.74, 6) is -3.03. The number of carbonyl (C=O) groups is 4. The Hall–Kier alpha value is -3.84. The first kappa shape index (κ1) is 31.7. The van der Waals surface area contributed by atoms with E-state index < -0.39 is 61.8 Å². The molecule has 2 aromatic carbocycles. The van der Waals surface area contributed by atoms with Gasteiger partial charge < -0.3 is 25.4 Å². The SMILES string of the molecule is C=C(C)C(C(=O)O)N1C(=O)C(NC(=O)C(NC(=O)OC(C)(C)C)c2ccccc2)C1SS(=O)(=O)c1ccc(C)cc1. The van der Waals surface area contributed by atoms with E-state index in [4.69, 9.17) is 4.74 Å². The fourth-order valence-electron chi connectivity index (χ4n) is 4.06. The number of alkyl carbamates (subject to hydrolysis) is 1. The minimum Gasteiger partial charge on any atom is -0.479 e. The monoisotopic (exact) mass is 603 g/mol. The number of carboxylic acids is 1. The molecular weight excluding hydrogens is 570 g/mol. The van der Waals surface area contributed by atoms with Crippen molar-refractivity contribution in [2.24, 2.45) is 0 Å². The molecule has 13 heteroatoms. The number of amides is 3. The molecule has 11 nitrogen and oxygen atoms in total. The summed E-state index contributed by atoms with van der Waals surface area (Å²) in [5.41, 5.74) is 0.452. The Labute approximate surface area is 242 Å². The van der Waals surface area contributed by atoms with Crippen molar-refractivity contribution in [3.63, 3.8) is 0 Å². The molecule has 0 saturated carbocycles. The highest BCUT2D eigenvalue weighted by molar-refractivity contribution is 8.72. The van der Waals surface area contributed by atoms with E-state index in [1.165, 1.54) is 19.1 Å². The molecule has 1 saturated heterocycles. The van der Waals surface area contributed by atoms with Gasteiger partial charge in [0.05, 0.1) is 4.90 Å². The van der Waals surface area contributed by atoms with Gasteiger partial charge in [-0.1, -0.05) is 54.6 Å². The van der Waals surface area contributed by atoms with Crippen LogP contribution in [0.2, 0.25) is 0 Å². The third kappa shape index (κ3) is 7.67. The first-order valence-electron chi connectivity index (χ1n) is 12.6. The van der Waals surface area contributed by atoms with E-state index in [0.29, 0.717) is 16.4 Å². The van der Waals surface area contributed by atoms with Crippen molar-refractivity contribution in [1.82, 2.24) is 15.5 Å². The van der Waals surface area contributed by atoms with Crippen LogP contribution in [0.1, 0.15) is 44.9 Å². The van der Waals surface area contributed by atoms with Gasteiger partial charge in [-0.15, -0.1) is 0 Å². The van der Waals surface area contributed by atoms with Gasteiger partial charge in [-0.05, 0) is 57.9 Å². The summed E-state index contributed by atoms with van der Waals surface area (Å²) >= 11 is 0. The third-order valence-corrected chi connectivity index (χ3v) is 9.68. The summed E-state index contributed by atoms with van der Waals surface area (Å²) in [5, 5.41) is 13.5. The van der Waals surface area contributed by atoms with E-state index in [0.717, 1.165) is 10.5 Å². The van der Waals surface area contributed by atoms with Gasteiger partial charge >= 0.3 is 12.1 Å². The smallest absolute Gasteiger partial charge is 0.408 e. The first-order chi connectivity index (χ1) is 19.0. The molecule has 1 aliphatic heterocycles. The lowest BCUT2D eigenvalue weighted by Gasteiger charge is -2.49. The van der Waals surface area contributed by atoms with Crippen LogP contribution in [0.15, 0.2) is 71.6 Å². The van der Waals surface area contributed by atoms with Crippen LogP contribution in [0.3, 0.4) is 0 Å². The third-order valence-electron chi connectivity index (χ3n) is 5.95. The largest absolute Gasteiger partial charge is 0.479 e. The van der Waals surface area contributed by atoms with E-state index in [2.05, 4.69) is 17.2 Å². The normalized spacial score (nSPS) is 18.5. The second-order valence-electron chi connectivity index (χ2n) is 10.6. The second kappa shape index (κ2) is 12.4. The lowest BCUT2D eigenvalue weighted by Crippen LogP contribution is -2.73. The van der Waals surface area contributed by atoms with Gasteiger partial charge in [0.15, 0.2) is 6.04 Å². The van der Waals surface area contributed by atoms with Crippen molar-refractivity contribution >= 4 is 43.5 Å². The van der Waals surface area contributed by atoms with Crippen molar-refractivity contribution in [2.45, 2.75) is 68.6 Å². The number of hydrogen-bond acceptors (Lipinski definition) is 8. The number of hydrogen-bond donors (Lipinski definition) is 3. The molecule has 1 fully saturated rings. The quantitative estimate of drug-likeness (QED) is 0.210. The lowest BCUT2D eigenvalue weighted by atomic mass is 9.98. The van der Waals surface area contributed by atoms with Crippen LogP contribution in [0.5, 0.6) is 0 Å². The number of aryl methyl sites for hydroxylation is 1. The van der Waals surface area contributed by atoms with Crippen LogP contribution in [-0.2, 0) is 28.0 Å². The molecule has 2 aromatic rings. The Kier molecular flexibility index (Phi) is 9.54. The predicted molar refractivity (Wildman–Crippen MR) is 153 cm³/mol. The fraction of sp³-hybridized carbons (Fsp3) is 0.357. The zero-order valence-corrected chi connectivity index (χ0v) is 24.9. The van der Waals surface area contributed by atoms with Gasteiger partial charge in [0.2, 0.25) is 20.7 Å². The zero-order valence-electron chi connectivity index (χ0n) is 23.3. The highest BCUT2D eigenvalue weighted by Crippen LogP contribution is 2.40. The van der Waals surface area contributed by atoms with Gasteiger partial charge in [-0.3, -0.25) is 9.59 Å². The zero-order chi connectivity index (χ0) is 30.7. The van der Waals surface area contributed by atoms with E-state index in [1.54, 1.807) is 70.2 Å². The average Bonchev–Trinajstić information content (AvgIpc) is 2.87. The van der Waals surface area contributed by atoms with E-state index in [9.17, 15) is 32.7 Å². The van der Waals surface area contributed by atoms with Crippen LogP contribution in [0.4, 0.5) is 4.79 Å². The fourth-order valence-corrected chi connectivity index (χ4v) is 7.57. The molecule has 41 heavy (non-hydrogen) atoms. The van der Waals surface area contributed by atoms with Gasteiger partial charge in [0, 0.05) is 10.8 Å². The Balaban J connectivity index is 1.95. The van der Waals surface area contributed by atoms with Crippen LogP contribution in [0, 0.1) is 6.92 Å². The van der Waals surface area contributed by atoms with E-state index in [1.807, 2.05) is 0 Å². The summed E-state index contributed by atoms with van der Waals surface area (Å²) in [7, 11) is -3.75. The first-order valence-corrected chi connectivity index (χ1v) is 15.4. The molecule has 3 amide bonds. The number of carbonyl (C=O) groups excluding carboxylic acids is 3. The van der Waals surface area contributed by atoms with Gasteiger partial charge in [0.1, 0.15) is 23.1 Å². The van der Waals surface area contributed by atoms with Gasteiger partial charge in [0.25, 0.3) is 0 Å². The standard InChI is InChI=1S/C28H33N3O8S2/c1-16(2)22(26(34)35)31-24(33)21(25(31)40-41(37,38)19-14-12-17(3)13-15-19)29-23(32)20(18-10-8-7-9-11-18)30-27(36)39-28(4,5)6/h7-15,20-22,25H,1H2,2-6H3,(H,29,32)(H,30,36)(H,34,35). The maximum atomic E-state index is 13.5. The Morgan fingerprint density at radius 2 is 1.66 bits per heavy atom. The van der Waals surface area contributed by atoms with Gasteiger partial charge in [-0.25, -0.2) is 18.0 Å². The van der Waals surface area contributed by atoms with Crippen LogP contribution < -0.4 is 10.6 Å². The number of nitrogens with one attached hydrogen (secondary N) is 2. The van der Waals surface area contributed by atoms with Crippen molar-refractivity contribution in [3.05, 3.63) is 77.9 Å². The second-order valence-corrected chi connectivity index (χ2v) is 14.5. The van der Waals surface area contributed by atoms with Crippen LogP contribution in [0.25, 0.3) is 0 Å². The maximum absolute atomic E-state index is 13.5. The number of β-lactam (4-membered cyclic amide) rings is 1. The number of rotatable bonds is 10. The molecule has 1 aliphatic rings. The molecule has 0 bridgehead atoms. The summed E-state index contributed by atoms with van der Waals surface area (Å²) < 4.78 is 31.9. The summed E-state index contributed by atoms with van der Waals surface area (Å²) in [4.78, 5) is 52.2. The topological polar surface area (TPSA) is 159 Å². The van der Waals surface area contributed by atoms with Crippen molar-refractivity contribution < 1.29 is 37.4 Å². The average molecular weight is 604 g/mol. The molecule has 1 heterocycles. The molecule has 0 aliphatic carbocycles. The number of aliphatic carboxylic acids is 1. The molecule has 3 rings (SSSR count). The van der Waals surface area contributed by atoms with Crippen molar-refractivity contribution in [2.75, 3.05) is 0 Å². The van der Waals surface area contributed by atoms with Crippen LogP contribution >= 0.6 is 10.8 Å². The molecule has 220 valence electrons.